The van der Waals surface area contributed by atoms with Crippen molar-refractivity contribution >= 4 is 19.3 Å². The van der Waals surface area contributed by atoms with Gasteiger partial charge in [0, 0.05) is 6.07 Å². The van der Waals surface area contributed by atoms with E-state index in [-0.39, 0.29) is 6.10 Å². The van der Waals surface area contributed by atoms with Crippen molar-refractivity contribution in [3.05, 3.63) is 228 Å². The Kier molecular flexibility index (Phi) is 49.6. The summed E-state index contributed by atoms with van der Waals surface area (Å²) in [5.74, 6) is 7.14. The summed E-state index contributed by atoms with van der Waals surface area (Å²) in [4.78, 5) is 19.7. The fraction of sp³-hybridized carbons (Fsp3) is 0.433. The Morgan fingerprint density at radius 1 is 0.336 bits per heavy atom. The average Bonchev–Trinajstić information content (AvgIpc) is 0.823. The number of unbranched alkanes of at least 4 members (excludes halogenated alkanes) is 24. The first-order valence-corrected chi connectivity index (χ1v) is 43.3. The molecule has 0 aliphatic rings. The zero-order valence-electron chi connectivity index (χ0n) is 71.4. The second-order valence-electron chi connectivity index (χ2n) is 29.8. The molecule has 0 N–H and O–H groups in total. The largest absolute Gasteiger partial charge is 0.502 e. The number of nitrogens with zero attached hydrogens (tertiary/aromatic N) is 3. The Bertz CT molecular complexity index is 4190. The zero-order valence-corrected chi connectivity index (χ0v) is 71.4. The molecular formula is C104H133N3O9. The number of carbonyl (C=O) groups is 2. The predicted molar refractivity (Wildman–Crippen MR) is 482 cm³/mol. The molecule has 0 saturated heterocycles. The summed E-state index contributed by atoms with van der Waals surface area (Å²) in [5, 5.41) is 18.9. The molecule has 0 heterocycles. The molecule has 9 aromatic carbocycles. The van der Waals surface area contributed by atoms with Crippen LogP contribution in [0.3, 0.4) is 0 Å². The molecule has 9 aromatic rings. The van der Waals surface area contributed by atoms with Gasteiger partial charge < -0.3 is 42.7 Å². The molecule has 0 saturated carbocycles. The maximum absolute atomic E-state index is 9.53. The summed E-state index contributed by atoms with van der Waals surface area (Å²) in [6.07, 6.45) is 39.2. The highest BCUT2D eigenvalue weighted by Gasteiger charge is 2.14. The first kappa shape index (κ1) is 96.0. The van der Waals surface area contributed by atoms with Crippen molar-refractivity contribution in [2.75, 3.05) is 26.4 Å². The van der Waals surface area contributed by atoms with E-state index < -0.39 is 0 Å². The van der Waals surface area contributed by atoms with Crippen molar-refractivity contribution < 1.29 is 42.7 Å². The summed E-state index contributed by atoms with van der Waals surface area (Å²) in [6.45, 7) is 32.0. The van der Waals surface area contributed by atoms with Crippen LogP contribution in [0.15, 0.2) is 200 Å². The number of aryl methyl sites for hydroxylation is 1. The minimum Gasteiger partial charge on any atom is -0.502 e. The summed E-state index contributed by atoms with van der Waals surface area (Å²) in [6, 6.07) is 71.0. The van der Waals surface area contributed by atoms with Crippen molar-refractivity contribution in [2.45, 2.75) is 261 Å². The molecule has 12 nitrogen and oxygen atoms in total. The van der Waals surface area contributed by atoms with Crippen LogP contribution in [0.25, 0.3) is 49.4 Å². The van der Waals surface area contributed by atoms with Crippen molar-refractivity contribution in [3.8, 4) is 108 Å². The van der Waals surface area contributed by atoms with Crippen LogP contribution in [0.5, 0.6) is 51.7 Å². The van der Waals surface area contributed by atoms with Gasteiger partial charge in [-0.25, -0.2) is 4.85 Å². The van der Waals surface area contributed by atoms with Gasteiger partial charge in [0.05, 0.1) is 56.3 Å². The second-order valence-corrected chi connectivity index (χ2v) is 29.8. The number of hydrogen-bond donors (Lipinski definition) is 0. The van der Waals surface area contributed by atoms with Gasteiger partial charge in [-0.2, -0.15) is 10.5 Å². The van der Waals surface area contributed by atoms with Gasteiger partial charge in [0.25, 0.3) is 0 Å². The van der Waals surface area contributed by atoms with Crippen LogP contribution < -0.4 is 33.2 Å². The topological polar surface area (TPSA) is 151 Å². The smallest absolute Gasteiger partial charge is 0.231 e. The molecular weight excluding hydrogens is 1440 g/mol. The Morgan fingerprint density at radius 3 is 1.00 bits per heavy atom. The third kappa shape index (κ3) is 37.3. The van der Waals surface area contributed by atoms with Gasteiger partial charge in [0.15, 0.2) is 0 Å². The summed E-state index contributed by atoms with van der Waals surface area (Å²) in [5.41, 5.74) is 11.9. The number of carbonyl (C=O) groups excluding carboxylic acids is 2. The van der Waals surface area contributed by atoms with Crippen LogP contribution in [-0.2, 0) is 16.0 Å². The molecule has 9 rings (SSSR count). The molecule has 2 unspecified atom stereocenters. The molecule has 2 atom stereocenters. The fourth-order valence-corrected chi connectivity index (χ4v) is 13.3. The molecule has 0 radical (unpaired) electrons. The van der Waals surface area contributed by atoms with Crippen LogP contribution in [0.2, 0.25) is 0 Å². The van der Waals surface area contributed by atoms with Crippen LogP contribution in [-0.4, -0.2) is 46.1 Å². The first-order valence-electron chi connectivity index (χ1n) is 43.3. The molecule has 0 amide bonds. The fourth-order valence-electron chi connectivity index (χ4n) is 13.3. The number of ether oxygens (including phenoxy) is 7. The maximum Gasteiger partial charge on any atom is 0.231 e. The minimum atomic E-state index is 0.0854. The van der Waals surface area contributed by atoms with Crippen LogP contribution in [0.1, 0.15) is 265 Å². The first-order chi connectivity index (χ1) is 57.0. The van der Waals surface area contributed by atoms with Crippen molar-refractivity contribution in [3.63, 3.8) is 0 Å². The molecule has 12 heteroatoms. The third-order valence-corrected chi connectivity index (χ3v) is 20.5. The lowest BCUT2D eigenvalue weighted by Gasteiger charge is -2.16. The highest BCUT2D eigenvalue weighted by molar-refractivity contribution is 5.72. The Labute approximate surface area is 698 Å². The van der Waals surface area contributed by atoms with E-state index >= 15 is 0 Å². The Hall–Kier alpha value is -10.6. The molecule has 0 bridgehead atoms. The number of rotatable bonds is 50. The quantitative estimate of drug-likeness (QED) is 0.0265. The highest BCUT2D eigenvalue weighted by atomic mass is 16.5. The second kappa shape index (κ2) is 60.0. The average molecular weight is 1570 g/mol. The van der Waals surface area contributed by atoms with Crippen molar-refractivity contribution in [1.29, 1.82) is 10.5 Å². The van der Waals surface area contributed by atoms with E-state index in [2.05, 4.69) is 169 Å². The van der Waals surface area contributed by atoms with Gasteiger partial charge in [0.2, 0.25) is 5.69 Å². The highest BCUT2D eigenvalue weighted by Crippen LogP contribution is 2.37. The lowest BCUT2D eigenvalue weighted by atomic mass is 9.96. The lowest BCUT2D eigenvalue weighted by molar-refractivity contribution is -0.0987. The zero-order chi connectivity index (χ0) is 83.4. The maximum atomic E-state index is 9.53. The molecule has 0 aliphatic carbocycles. The van der Waals surface area contributed by atoms with E-state index in [0.717, 1.165) is 138 Å². The van der Waals surface area contributed by atoms with Gasteiger partial charge in [-0.3, -0.25) is 0 Å². The van der Waals surface area contributed by atoms with Gasteiger partial charge in [-0.1, -0.05) is 306 Å². The number of nitriles is 2. The van der Waals surface area contributed by atoms with Crippen LogP contribution >= 0.6 is 0 Å². The Morgan fingerprint density at radius 2 is 0.647 bits per heavy atom. The van der Waals surface area contributed by atoms with E-state index in [9.17, 15) is 10.5 Å². The van der Waals surface area contributed by atoms with Crippen LogP contribution in [0.4, 0.5) is 5.69 Å². The summed E-state index contributed by atoms with van der Waals surface area (Å²) < 4.78 is 41.8. The van der Waals surface area contributed by atoms with Crippen molar-refractivity contribution in [1.82, 2.24) is 0 Å². The molecule has 0 aromatic heterocycles. The van der Waals surface area contributed by atoms with E-state index in [1.807, 2.05) is 105 Å². The van der Waals surface area contributed by atoms with Gasteiger partial charge in [-0.15, -0.1) is 0 Å². The summed E-state index contributed by atoms with van der Waals surface area (Å²) >= 11 is 0. The van der Waals surface area contributed by atoms with E-state index in [1.54, 1.807) is 12.1 Å². The van der Waals surface area contributed by atoms with E-state index in [1.165, 1.54) is 165 Å². The minimum absolute atomic E-state index is 0.0854. The monoisotopic (exact) mass is 1570 g/mol. The molecule has 0 aliphatic heterocycles. The lowest BCUT2D eigenvalue weighted by Crippen LogP contribution is -2.11. The van der Waals surface area contributed by atoms with Gasteiger partial charge in [0.1, 0.15) is 71.4 Å². The standard InChI is InChI=1S/C37H49NO3.C34H43NO3.C31H37NO.2CH2O/c1-5-7-9-11-12-13-14-16-28-39-33-22-18-31(19-23-33)32-20-24-34(25-21-32)41-35-26-27-37(36(29-35)38-4)40-30(3)17-15-10-8-6-2;1-4-6-7-8-9-10-11-12-23-36-31-17-13-28(14-18-31)29-15-19-32(20-16-29)38-33-21-22-34(30(24-33)25-35)37-26-27(3)5-2;1-3-5-6-7-8-9-10-11-22-33-31-20-18-27(19-21-31)26-13-15-28(16-14-26)29-17-12-25(4-2)30(23-29)24-32;2*1-2/h18-27,29-30H,5-17,28H2,1-3H3;13-22,24,27H,4-12,23,26H2,1-3H3;12-21,23H,3-11,22H2,1-2H3;2*1H2. The SMILES string of the molecule is C=O.C=O.CCCCCCCCCCOc1ccc(-c2ccc(-c3ccc(CC)c(C#N)c3)cc2)cc1.CCCCCCCCCCOc1ccc(-c2ccc(Oc3ccc(OCC(C)CC)c(C#N)c3)cc2)cc1.[C-]#[N+]c1cc(Oc2ccc(-c3ccc(OCCCCCCCCCC)cc3)cc2)ccc1OC(C)CCCCCC. The molecule has 0 fully saturated rings. The normalized spacial score (nSPS) is 11.0. The molecule has 618 valence electrons. The van der Waals surface area contributed by atoms with Gasteiger partial charge >= 0.3 is 0 Å². The Balaban J connectivity index is 0.000000305. The molecule has 116 heavy (non-hydrogen) atoms. The third-order valence-electron chi connectivity index (χ3n) is 20.5. The number of hydrogen-bond acceptors (Lipinski definition) is 11. The molecule has 0 spiro atoms. The van der Waals surface area contributed by atoms with Crippen LogP contribution in [0, 0.1) is 35.2 Å². The van der Waals surface area contributed by atoms with E-state index in [0.29, 0.717) is 46.8 Å². The van der Waals surface area contributed by atoms with E-state index in [4.69, 9.17) is 49.3 Å². The van der Waals surface area contributed by atoms with Gasteiger partial charge in [-0.05, 0) is 198 Å². The van der Waals surface area contributed by atoms with Crippen molar-refractivity contribution in [2.24, 2.45) is 5.92 Å². The predicted octanol–water partition coefficient (Wildman–Crippen LogP) is 30.5. The summed E-state index contributed by atoms with van der Waals surface area (Å²) in [7, 11) is 0. The number of benzene rings is 9.